The van der Waals surface area contributed by atoms with Crippen molar-refractivity contribution in [1.82, 2.24) is 5.32 Å². The number of rotatable bonds is 0. The van der Waals surface area contributed by atoms with Crippen LogP contribution in [0.15, 0.2) is 0 Å². The molecule has 1 saturated heterocycles. The fourth-order valence-corrected chi connectivity index (χ4v) is 3.11. The van der Waals surface area contributed by atoms with Crippen molar-refractivity contribution < 1.29 is 5.11 Å². The van der Waals surface area contributed by atoms with E-state index in [9.17, 15) is 5.11 Å². The van der Waals surface area contributed by atoms with Crippen LogP contribution in [0.3, 0.4) is 0 Å². The minimum Gasteiger partial charge on any atom is -0.377 e. The summed E-state index contributed by atoms with van der Waals surface area (Å²) in [6.07, 6.45) is 10.9. The zero-order chi connectivity index (χ0) is 10.2. The average molecular weight is 193 g/mol. The molecule has 2 rings (SSSR count). The zero-order valence-electron chi connectivity index (χ0n) is 8.79. The fraction of sp³-hybridized carbons (Fsp3) is 0.833. The lowest BCUT2D eigenvalue weighted by Crippen LogP contribution is -2.59. The Morgan fingerprint density at radius 3 is 2.86 bits per heavy atom. The molecule has 0 aromatic heterocycles. The Hall–Kier alpha value is -0.520. The predicted molar refractivity (Wildman–Crippen MR) is 56.7 cm³/mol. The highest BCUT2D eigenvalue weighted by Crippen LogP contribution is 2.38. The number of terminal acetylenes is 1. The second-order valence-corrected chi connectivity index (χ2v) is 4.84. The molecule has 1 aliphatic heterocycles. The maximum Gasteiger partial charge on any atom is 0.130 e. The number of piperidine rings is 1. The van der Waals surface area contributed by atoms with Crippen molar-refractivity contribution in [2.24, 2.45) is 5.92 Å². The van der Waals surface area contributed by atoms with E-state index in [0.717, 1.165) is 6.42 Å². The average Bonchev–Trinajstić information content (AvgIpc) is 2.17. The van der Waals surface area contributed by atoms with Crippen molar-refractivity contribution in [3.05, 3.63) is 0 Å². The van der Waals surface area contributed by atoms with E-state index in [1.807, 2.05) is 0 Å². The molecule has 2 fully saturated rings. The molecular weight excluding hydrogens is 174 g/mol. The third-order valence-electron chi connectivity index (χ3n) is 3.75. The molecule has 1 aliphatic carbocycles. The lowest BCUT2D eigenvalue weighted by molar-refractivity contribution is -0.0384. The SMILES string of the molecule is C#C[C@]1(O)C[C@H](C)N[C@H]2CCCC[C@@H]21. The normalized spacial score (nSPS) is 47.9. The standard InChI is InChI=1S/C12H19NO/c1-3-12(14)8-9(2)13-11-7-5-4-6-10(11)12/h1,9-11,13-14H,4-8H2,2H3/t9-,10-,11-,12-/m0/s1. The first-order valence-electron chi connectivity index (χ1n) is 5.62. The highest BCUT2D eigenvalue weighted by atomic mass is 16.3. The lowest BCUT2D eigenvalue weighted by atomic mass is 9.69. The van der Waals surface area contributed by atoms with Crippen LogP contribution in [0.5, 0.6) is 0 Å². The van der Waals surface area contributed by atoms with E-state index in [1.54, 1.807) is 0 Å². The van der Waals surface area contributed by atoms with Crippen LogP contribution in [0, 0.1) is 18.3 Å². The third kappa shape index (κ3) is 1.55. The summed E-state index contributed by atoms with van der Waals surface area (Å²) in [5.74, 6) is 2.90. The summed E-state index contributed by atoms with van der Waals surface area (Å²) in [5.41, 5.74) is -0.851. The molecule has 2 heteroatoms. The van der Waals surface area contributed by atoms with E-state index in [0.29, 0.717) is 18.5 Å². The molecule has 1 saturated carbocycles. The Morgan fingerprint density at radius 2 is 2.14 bits per heavy atom. The molecule has 0 radical (unpaired) electrons. The number of fused-ring (bicyclic) bond motifs is 1. The molecule has 14 heavy (non-hydrogen) atoms. The van der Waals surface area contributed by atoms with E-state index in [2.05, 4.69) is 18.2 Å². The van der Waals surface area contributed by atoms with Crippen LogP contribution in [-0.2, 0) is 0 Å². The summed E-state index contributed by atoms with van der Waals surface area (Å²) < 4.78 is 0. The maximum atomic E-state index is 10.4. The van der Waals surface area contributed by atoms with Crippen molar-refractivity contribution in [1.29, 1.82) is 0 Å². The van der Waals surface area contributed by atoms with Crippen molar-refractivity contribution in [2.75, 3.05) is 0 Å². The van der Waals surface area contributed by atoms with Crippen molar-refractivity contribution in [2.45, 2.75) is 56.7 Å². The van der Waals surface area contributed by atoms with Crippen LogP contribution in [0.25, 0.3) is 0 Å². The van der Waals surface area contributed by atoms with Gasteiger partial charge in [-0.15, -0.1) is 6.42 Å². The number of hydrogen-bond donors (Lipinski definition) is 2. The van der Waals surface area contributed by atoms with Gasteiger partial charge in [0, 0.05) is 24.4 Å². The van der Waals surface area contributed by atoms with Gasteiger partial charge in [-0.1, -0.05) is 18.8 Å². The van der Waals surface area contributed by atoms with Gasteiger partial charge < -0.3 is 10.4 Å². The summed E-state index contributed by atoms with van der Waals surface area (Å²) >= 11 is 0. The molecule has 2 aliphatic rings. The van der Waals surface area contributed by atoms with Gasteiger partial charge in [-0.05, 0) is 19.8 Å². The summed E-state index contributed by atoms with van der Waals surface area (Å²) in [4.78, 5) is 0. The highest BCUT2D eigenvalue weighted by Gasteiger charge is 2.45. The highest BCUT2D eigenvalue weighted by molar-refractivity contribution is 5.16. The van der Waals surface area contributed by atoms with Crippen molar-refractivity contribution in [3.8, 4) is 12.3 Å². The van der Waals surface area contributed by atoms with Crippen molar-refractivity contribution in [3.63, 3.8) is 0 Å². The van der Waals surface area contributed by atoms with Crippen LogP contribution < -0.4 is 5.32 Å². The molecule has 1 heterocycles. The second-order valence-electron chi connectivity index (χ2n) is 4.84. The Kier molecular flexibility index (Phi) is 2.55. The summed E-state index contributed by atoms with van der Waals surface area (Å²) in [5, 5.41) is 13.9. The largest absolute Gasteiger partial charge is 0.377 e. The Balaban J connectivity index is 2.20. The predicted octanol–water partition coefficient (Wildman–Crippen LogP) is 1.29. The van der Waals surface area contributed by atoms with E-state index >= 15 is 0 Å². The second kappa shape index (κ2) is 3.56. The number of nitrogens with one attached hydrogen (secondary N) is 1. The smallest absolute Gasteiger partial charge is 0.130 e. The van der Waals surface area contributed by atoms with Crippen LogP contribution >= 0.6 is 0 Å². The molecule has 0 bridgehead atoms. The van der Waals surface area contributed by atoms with Gasteiger partial charge in [0.15, 0.2) is 0 Å². The minimum absolute atomic E-state index is 0.275. The molecular formula is C12H19NO. The Morgan fingerprint density at radius 1 is 1.43 bits per heavy atom. The molecule has 4 atom stereocenters. The molecule has 78 valence electrons. The van der Waals surface area contributed by atoms with E-state index in [4.69, 9.17) is 6.42 Å². The first kappa shape index (κ1) is 10.0. The topological polar surface area (TPSA) is 32.3 Å². The van der Waals surface area contributed by atoms with Crippen LogP contribution in [-0.4, -0.2) is 22.8 Å². The lowest BCUT2D eigenvalue weighted by Gasteiger charge is -2.47. The minimum atomic E-state index is -0.851. The van der Waals surface area contributed by atoms with Gasteiger partial charge in [-0.2, -0.15) is 0 Å². The van der Waals surface area contributed by atoms with Crippen LogP contribution in [0.2, 0.25) is 0 Å². The van der Waals surface area contributed by atoms with Gasteiger partial charge in [-0.3, -0.25) is 0 Å². The molecule has 0 spiro atoms. The van der Waals surface area contributed by atoms with Crippen LogP contribution in [0.4, 0.5) is 0 Å². The number of aliphatic hydroxyl groups is 1. The van der Waals surface area contributed by atoms with Gasteiger partial charge in [0.2, 0.25) is 0 Å². The molecule has 0 unspecified atom stereocenters. The monoisotopic (exact) mass is 193 g/mol. The van der Waals surface area contributed by atoms with Gasteiger partial charge in [-0.25, -0.2) is 0 Å². The first-order chi connectivity index (χ1) is 6.65. The molecule has 0 aromatic carbocycles. The van der Waals surface area contributed by atoms with Crippen LogP contribution in [0.1, 0.15) is 39.0 Å². The fourth-order valence-electron chi connectivity index (χ4n) is 3.11. The van der Waals surface area contributed by atoms with E-state index in [-0.39, 0.29) is 5.92 Å². The summed E-state index contributed by atoms with van der Waals surface area (Å²) in [6.45, 7) is 2.10. The Labute approximate surface area is 86.1 Å². The maximum absolute atomic E-state index is 10.4. The Bertz CT molecular complexity index is 258. The van der Waals surface area contributed by atoms with Gasteiger partial charge in [0.1, 0.15) is 5.60 Å². The summed E-state index contributed by atoms with van der Waals surface area (Å²) in [6, 6.07) is 0.781. The molecule has 2 N–H and O–H groups in total. The molecule has 2 nitrogen and oxygen atoms in total. The van der Waals surface area contributed by atoms with Gasteiger partial charge in [0.05, 0.1) is 0 Å². The molecule has 0 aromatic rings. The zero-order valence-corrected chi connectivity index (χ0v) is 8.79. The molecule has 0 amide bonds. The quantitative estimate of drug-likeness (QED) is 0.568. The van der Waals surface area contributed by atoms with E-state index < -0.39 is 5.60 Å². The van der Waals surface area contributed by atoms with Crippen molar-refractivity contribution >= 4 is 0 Å². The number of hydrogen-bond acceptors (Lipinski definition) is 2. The first-order valence-corrected chi connectivity index (χ1v) is 5.62. The third-order valence-corrected chi connectivity index (χ3v) is 3.75. The summed E-state index contributed by atoms with van der Waals surface area (Å²) in [7, 11) is 0. The van der Waals surface area contributed by atoms with E-state index in [1.165, 1.54) is 19.3 Å². The van der Waals surface area contributed by atoms with Gasteiger partial charge in [0.25, 0.3) is 0 Å². The van der Waals surface area contributed by atoms with Gasteiger partial charge >= 0.3 is 0 Å².